The molecule has 3 amide bonds. The molecule has 35 heavy (non-hydrogen) atoms. The Bertz CT molecular complexity index is 1130. The van der Waals surface area contributed by atoms with Crippen LogP contribution in [0.15, 0.2) is 78.9 Å². The van der Waals surface area contributed by atoms with E-state index in [1.165, 1.54) is 0 Å². The van der Waals surface area contributed by atoms with Crippen molar-refractivity contribution in [1.29, 1.82) is 0 Å². The largest absolute Gasteiger partial charge is 0.383 e. The van der Waals surface area contributed by atoms with Crippen LogP contribution in [0.1, 0.15) is 22.3 Å². The maximum absolute atomic E-state index is 12.4. The fourth-order valence-electron chi connectivity index (χ4n) is 3.33. The second kappa shape index (κ2) is 13.5. The number of ether oxygens (including phenoxy) is 1. The number of benzene rings is 3. The van der Waals surface area contributed by atoms with Crippen LogP contribution in [0.3, 0.4) is 0 Å². The first-order valence-electron chi connectivity index (χ1n) is 11.4. The summed E-state index contributed by atoms with van der Waals surface area (Å²) in [5.74, 6) is -0.576. The second-order valence-electron chi connectivity index (χ2n) is 7.85. The van der Waals surface area contributed by atoms with Gasteiger partial charge in [0.2, 0.25) is 11.8 Å². The van der Waals surface area contributed by atoms with Crippen LogP contribution in [0.4, 0.5) is 17.1 Å². The summed E-state index contributed by atoms with van der Waals surface area (Å²) in [5.41, 5.74) is 3.44. The molecule has 4 N–H and O–H groups in total. The van der Waals surface area contributed by atoms with Crippen LogP contribution < -0.4 is 21.3 Å². The van der Waals surface area contributed by atoms with Crippen LogP contribution in [0.5, 0.6) is 0 Å². The topological polar surface area (TPSA) is 109 Å². The summed E-state index contributed by atoms with van der Waals surface area (Å²) in [6.07, 6.45) is 1.05. The third kappa shape index (κ3) is 8.94. The average molecular weight is 475 g/mol. The van der Waals surface area contributed by atoms with E-state index in [9.17, 15) is 14.4 Å². The van der Waals surface area contributed by atoms with Crippen molar-refractivity contribution in [1.82, 2.24) is 5.32 Å². The van der Waals surface area contributed by atoms with Crippen LogP contribution in [-0.4, -0.2) is 44.5 Å². The summed E-state index contributed by atoms with van der Waals surface area (Å²) in [6.45, 7) is 0.852. The molecule has 0 unspecified atom stereocenters. The first-order chi connectivity index (χ1) is 17.0. The number of carbonyl (C=O) groups excluding carboxylic acids is 3. The maximum Gasteiger partial charge on any atom is 0.251 e. The quantitative estimate of drug-likeness (QED) is 0.300. The highest BCUT2D eigenvalue weighted by molar-refractivity contribution is 5.98. The van der Waals surface area contributed by atoms with Crippen LogP contribution in [-0.2, 0) is 20.7 Å². The molecule has 0 heterocycles. The summed E-state index contributed by atoms with van der Waals surface area (Å²) in [7, 11) is 1.57. The molecule has 8 nitrogen and oxygen atoms in total. The van der Waals surface area contributed by atoms with Crippen molar-refractivity contribution >= 4 is 34.8 Å². The van der Waals surface area contributed by atoms with Gasteiger partial charge in [-0.3, -0.25) is 14.4 Å². The molecule has 0 saturated carbocycles. The van der Waals surface area contributed by atoms with Gasteiger partial charge in [0.15, 0.2) is 0 Å². The SMILES string of the molecule is COCCNC(=O)c1cccc(NC(=O)CNc2cccc(NC(=O)CCc3ccccc3)c2)c1. The fourth-order valence-corrected chi connectivity index (χ4v) is 3.33. The standard InChI is InChI=1S/C27H30N4O4/c1-35-16-15-28-27(34)21-9-5-11-23(17-21)31-26(33)19-29-22-10-6-12-24(18-22)30-25(32)14-13-20-7-3-2-4-8-20/h2-12,17-18,29H,13-16,19H2,1H3,(H,28,34)(H,30,32)(H,31,33). The highest BCUT2D eigenvalue weighted by atomic mass is 16.5. The van der Waals surface area contributed by atoms with Crippen molar-refractivity contribution in [2.75, 3.05) is 42.8 Å². The molecule has 0 aliphatic heterocycles. The Morgan fingerprint density at radius 3 is 2.23 bits per heavy atom. The Hall–Kier alpha value is -4.17. The van der Waals surface area contributed by atoms with Crippen LogP contribution in [0.25, 0.3) is 0 Å². The van der Waals surface area contributed by atoms with Gasteiger partial charge in [-0.1, -0.05) is 42.5 Å². The molecule has 0 aromatic heterocycles. The van der Waals surface area contributed by atoms with Gasteiger partial charge in [-0.05, 0) is 48.4 Å². The van der Waals surface area contributed by atoms with E-state index >= 15 is 0 Å². The molecule has 0 spiro atoms. The molecule has 0 fully saturated rings. The summed E-state index contributed by atoms with van der Waals surface area (Å²) >= 11 is 0. The zero-order valence-electron chi connectivity index (χ0n) is 19.7. The van der Waals surface area contributed by atoms with Crippen molar-refractivity contribution in [2.24, 2.45) is 0 Å². The Labute approximate surface area is 205 Å². The van der Waals surface area contributed by atoms with Crippen LogP contribution in [0.2, 0.25) is 0 Å². The highest BCUT2D eigenvalue weighted by Crippen LogP contribution is 2.16. The van der Waals surface area contributed by atoms with Gasteiger partial charge in [0.25, 0.3) is 5.91 Å². The first kappa shape index (κ1) is 25.5. The van der Waals surface area contributed by atoms with E-state index in [-0.39, 0.29) is 24.3 Å². The molecule has 182 valence electrons. The third-order valence-electron chi connectivity index (χ3n) is 5.08. The lowest BCUT2D eigenvalue weighted by molar-refractivity contribution is -0.116. The van der Waals surface area contributed by atoms with E-state index in [2.05, 4.69) is 21.3 Å². The smallest absolute Gasteiger partial charge is 0.251 e. The number of hydrogen-bond donors (Lipinski definition) is 4. The molecule has 0 radical (unpaired) electrons. The van der Waals surface area contributed by atoms with E-state index in [1.54, 1.807) is 49.6 Å². The normalized spacial score (nSPS) is 10.3. The zero-order chi connectivity index (χ0) is 24.9. The maximum atomic E-state index is 12.4. The van der Waals surface area contributed by atoms with Gasteiger partial charge in [-0.15, -0.1) is 0 Å². The van der Waals surface area contributed by atoms with Gasteiger partial charge in [-0.2, -0.15) is 0 Å². The van der Waals surface area contributed by atoms with Gasteiger partial charge in [0.1, 0.15) is 0 Å². The molecule has 0 aliphatic rings. The molecule has 0 bridgehead atoms. The van der Waals surface area contributed by atoms with E-state index in [0.29, 0.717) is 48.6 Å². The number of carbonyl (C=O) groups is 3. The van der Waals surface area contributed by atoms with Crippen LogP contribution in [0, 0.1) is 0 Å². The van der Waals surface area contributed by atoms with Gasteiger partial charge < -0.3 is 26.0 Å². The Morgan fingerprint density at radius 1 is 0.771 bits per heavy atom. The summed E-state index contributed by atoms with van der Waals surface area (Å²) in [6, 6.07) is 23.8. The number of methoxy groups -OCH3 is 1. The fraction of sp³-hybridized carbons (Fsp3) is 0.222. The van der Waals surface area contributed by atoms with Gasteiger partial charge in [0.05, 0.1) is 13.2 Å². The van der Waals surface area contributed by atoms with Gasteiger partial charge in [0, 0.05) is 42.7 Å². The van der Waals surface area contributed by atoms with Crippen molar-refractivity contribution in [3.05, 3.63) is 90.0 Å². The molecule has 3 rings (SSSR count). The number of hydrogen-bond acceptors (Lipinski definition) is 5. The molecule has 0 saturated heterocycles. The minimum Gasteiger partial charge on any atom is -0.383 e. The first-order valence-corrected chi connectivity index (χ1v) is 11.4. The zero-order valence-corrected chi connectivity index (χ0v) is 19.7. The lowest BCUT2D eigenvalue weighted by Gasteiger charge is -2.11. The number of aryl methyl sites for hydroxylation is 1. The third-order valence-corrected chi connectivity index (χ3v) is 5.08. The van der Waals surface area contributed by atoms with E-state index in [0.717, 1.165) is 5.56 Å². The van der Waals surface area contributed by atoms with Crippen molar-refractivity contribution in [3.8, 4) is 0 Å². The number of amides is 3. The Balaban J connectivity index is 1.46. The highest BCUT2D eigenvalue weighted by Gasteiger charge is 2.09. The second-order valence-corrected chi connectivity index (χ2v) is 7.85. The number of rotatable bonds is 12. The lowest BCUT2D eigenvalue weighted by atomic mass is 10.1. The van der Waals surface area contributed by atoms with E-state index in [1.807, 2.05) is 36.4 Å². The predicted molar refractivity (Wildman–Crippen MR) is 138 cm³/mol. The molecule has 8 heteroatoms. The van der Waals surface area contributed by atoms with Crippen molar-refractivity contribution in [2.45, 2.75) is 12.8 Å². The molecule has 3 aromatic carbocycles. The minimum atomic E-state index is -0.265. The number of anilines is 3. The molecular formula is C27H30N4O4. The average Bonchev–Trinajstić information content (AvgIpc) is 2.87. The lowest BCUT2D eigenvalue weighted by Crippen LogP contribution is -2.27. The van der Waals surface area contributed by atoms with Crippen LogP contribution >= 0.6 is 0 Å². The minimum absolute atomic E-state index is 0.0235. The van der Waals surface area contributed by atoms with Crippen molar-refractivity contribution in [3.63, 3.8) is 0 Å². The monoisotopic (exact) mass is 474 g/mol. The molecule has 3 aromatic rings. The summed E-state index contributed by atoms with van der Waals surface area (Å²) < 4.78 is 4.92. The van der Waals surface area contributed by atoms with Gasteiger partial charge in [-0.25, -0.2) is 0 Å². The van der Waals surface area contributed by atoms with Crippen molar-refractivity contribution < 1.29 is 19.1 Å². The molecule has 0 aliphatic carbocycles. The number of nitrogens with one attached hydrogen (secondary N) is 4. The predicted octanol–water partition coefficient (Wildman–Crippen LogP) is 3.68. The Morgan fingerprint density at radius 2 is 1.46 bits per heavy atom. The molecular weight excluding hydrogens is 444 g/mol. The Kier molecular flexibility index (Phi) is 9.83. The molecule has 0 atom stereocenters. The van der Waals surface area contributed by atoms with E-state index < -0.39 is 0 Å². The summed E-state index contributed by atoms with van der Waals surface area (Å²) in [5, 5.41) is 11.5. The summed E-state index contributed by atoms with van der Waals surface area (Å²) in [4.78, 5) is 36.9. The van der Waals surface area contributed by atoms with E-state index in [4.69, 9.17) is 4.74 Å². The van der Waals surface area contributed by atoms with Gasteiger partial charge >= 0.3 is 0 Å².